The van der Waals surface area contributed by atoms with Gasteiger partial charge in [-0.25, -0.2) is 4.90 Å². The first-order valence-corrected chi connectivity index (χ1v) is 12.6. The van der Waals surface area contributed by atoms with Crippen molar-refractivity contribution in [1.82, 2.24) is 4.98 Å². The molecular formula is C30H21BrN2O2. The van der Waals surface area contributed by atoms with E-state index in [1.54, 1.807) is 12.4 Å². The van der Waals surface area contributed by atoms with Gasteiger partial charge in [0.25, 0.3) is 0 Å². The number of pyridine rings is 1. The molecule has 2 amide bonds. The number of benzene rings is 3. The maximum atomic E-state index is 14.0. The smallest absolute Gasteiger partial charge is 0.239 e. The summed E-state index contributed by atoms with van der Waals surface area (Å²) in [4.78, 5) is 33.5. The molecule has 8 rings (SSSR count). The van der Waals surface area contributed by atoms with Crippen LogP contribution in [0.3, 0.4) is 0 Å². The number of anilines is 1. The lowest BCUT2D eigenvalue weighted by molar-refractivity contribution is -0.122. The van der Waals surface area contributed by atoms with Crippen LogP contribution < -0.4 is 4.90 Å². The molecule has 2 heterocycles. The van der Waals surface area contributed by atoms with Crippen molar-refractivity contribution in [2.24, 2.45) is 11.8 Å². The predicted molar refractivity (Wildman–Crippen MR) is 137 cm³/mol. The summed E-state index contributed by atoms with van der Waals surface area (Å²) < 4.78 is -0.720. The Morgan fingerprint density at radius 1 is 0.743 bits per heavy atom. The largest absolute Gasteiger partial charge is 0.274 e. The maximum absolute atomic E-state index is 14.0. The number of rotatable bonds is 3. The van der Waals surface area contributed by atoms with E-state index in [0.29, 0.717) is 5.69 Å². The number of amides is 2. The number of hydrogen-bond acceptors (Lipinski definition) is 3. The molecule has 4 aromatic rings. The lowest BCUT2D eigenvalue weighted by atomic mass is 9.55. The van der Waals surface area contributed by atoms with Crippen LogP contribution in [0.5, 0.6) is 0 Å². The summed E-state index contributed by atoms with van der Waals surface area (Å²) in [6, 6.07) is 28.3. The van der Waals surface area contributed by atoms with Crippen molar-refractivity contribution >= 4 is 33.4 Å². The highest BCUT2D eigenvalue weighted by molar-refractivity contribution is 9.09. The van der Waals surface area contributed by atoms with Crippen LogP contribution in [0.25, 0.3) is 0 Å². The summed E-state index contributed by atoms with van der Waals surface area (Å²) >= 11 is 4.05. The highest BCUT2D eigenvalue weighted by Gasteiger charge is 2.67. The van der Waals surface area contributed by atoms with Crippen molar-refractivity contribution in [2.45, 2.75) is 16.7 Å². The lowest BCUT2D eigenvalue weighted by Gasteiger charge is -2.51. The lowest BCUT2D eigenvalue weighted by Crippen LogP contribution is -2.50. The van der Waals surface area contributed by atoms with Crippen LogP contribution in [0, 0.1) is 11.8 Å². The number of carbonyl (C=O) groups is 2. The molecule has 1 fully saturated rings. The predicted octanol–water partition coefficient (Wildman–Crippen LogP) is 5.58. The van der Waals surface area contributed by atoms with Crippen LogP contribution in [0.4, 0.5) is 5.69 Å². The van der Waals surface area contributed by atoms with Gasteiger partial charge in [-0.2, -0.15) is 0 Å². The third-order valence-corrected chi connectivity index (χ3v) is 9.21. The highest BCUT2D eigenvalue weighted by Crippen LogP contribution is 2.66. The minimum Gasteiger partial charge on any atom is -0.274 e. The van der Waals surface area contributed by atoms with Gasteiger partial charge in [0, 0.05) is 18.3 Å². The molecule has 3 aliphatic carbocycles. The average molecular weight is 521 g/mol. The molecule has 0 radical (unpaired) electrons. The number of carbonyl (C=O) groups excluding carboxylic acids is 2. The monoisotopic (exact) mass is 520 g/mol. The maximum Gasteiger partial charge on any atom is 0.239 e. The standard InChI is InChI=1S/C30H21BrN2O2/c31-30-23-7-3-1-5-21(23)25(22-6-2-4-8-24(22)30)26-27(30)29(35)33(28(26)34)20-11-9-18(10-12-20)17-19-13-15-32-16-14-19/h1-16,25-27H,17H2/t25?,26-,27+,30?/m0/s1. The Kier molecular flexibility index (Phi) is 4.43. The number of hydrogen-bond donors (Lipinski definition) is 0. The zero-order valence-corrected chi connectivity index (χ0v) is 20.4. The van der Waals surface area contributed by atoms with E-state index in [9.17, 15) is 9.59 Å². The molecule has 0 saturated carbocycles. The molecule has 0 unspecified atom stereocenters. The number of halogens is 1. The first-order valence-electron chi connectivity index (χ1n) is 11.8. The normalized spacial score (nSPS) is 25.9. The van der Waals surface area contributed by atoms with Gasteiger partial charge in [-0.15, -0.1) is 0 Å². The minimum absolute atomic E-state index is 0.111. The van der Waals surface area contributed by atoms with E-state index in [-0.39, 0.29) is 17.7 Å². The van der Waals surface area contributed by atoms with Crippen LogP contribution in [-0.4, -0.2) is 16.8 Å². The summed E-state index contributed by atoms with van der Waals surface area (Å²) in [5.74, 6) is -1.28. The molecule has 35 heavy (non-hydrogen) atoms. The topological polar surface area (TPSA) is 50.3 Å². The Balaban J connectivity index is 1.30. The van der Waals surface area contributed by atoms with Crippen molar-refractivity contribution < 1.29 is 9.59 Å². The van der Waals surface area contributed by atoms with E-state index < -0.39 is 16.2 Å². The van der Waals surface area contributed by atoms with E-state index in [1.807, 2.05) is 60.7 Å². The molecular weight excluding hydrogens is 500 g/mol. The third kappa shape index (κ3) is 2.76. The molecule has 3 aromatic carbocycles. The molecule has 0 N–H and O–H groups in total. The van der Waals surface area contributed by atoms with Crippen molar-refractivity contribution in [3.8, 4) is 0 Å². The highest BCUT2D eigenvalue weighted by atomic mass is 79.9. The van der Waals surface area contributed by atoms with E-state index in [2.05, 4.69) is 45.2 Å². The van der Waals surface area contributed by atoms with E-state index >= 15 is 0 Å². The van der Waals surface area contributed by atoms with Crippen molar-refractivity contribution in [1.29, 1.82) is 0 Å². The van der Waals surface area contributed by atoms with Gasteiger partial charge in [-0.1, -0.05) is 76.6 Å². The Morgan fingerprint density at radius 2 is 1.31 bits per heavy atom. The molecule has 2 bridgehead atoms. The quantitative estimate of drug-likeness (QED) is 0.262. The number of aromatic nitrogens is 1. The van der Waals surface area contributed by atoms with Crippen molar-refractivity contribution in [3.63, 3.8) is 0 Å². The first kappa shape index (κ1) is 20.8. The van der Waals surface area contributed by atoms with Crippen LogP contribution in [0.15, 0.2) is 97.3 Å². The summed E-state index contributed by atoms with van der Waals surface area (Å²) in [6.07, 6.45) is 4.34. The zero-order chi connectivity index (χ0) is 23.7. The number of imide groups is 1. The summed E-state index contributed by atoms with van der Waals surface area (Å²) in [5, 5.41) is 0. The van der Waals surface area contributed by atoms with Gasteiger partial charge < -0.3 is 0 Å². The zero-order valence-electron chi connectivity index (χ0n) is 18.8. The Bertz CT molecular complexity index is 1450. The van der Waals surface area contributed by atoms with E-state index in [4.69, 9.17) is 0 Å². The second kappa shape index (κ2) is 7.46. The van der Waals surface area contributed by atoms with Gasteiger partial charge in [0.2, 0.25) is 11.8 Å². The summed E-state index contributed by atoms with van der Waals surface area (Å²) in [6.45, 7) is 0. The summed E-state index contributed by atoms with van der Waals surface area (Å²) in [5.41, 5.74) is 7.39. The summed E-state index contributed by atoms with van der Waals surface area (Å²) in [7, 11) is 0. The SMILES string of the molecule is O=C1[C@H]2C3c4ccccc4C(Br)(c4ccccc43)[C@H]2C(=O)N1c1ccc(Cc2ccncc2)cc1. The Morgan fingerprint density at radius 3 is 1.94 bits per heavy atom. The van der Waals surface area contributed by atoms with E-state index in [0.717, 1.165) is 34.2 Å². The molecule has 5 heteroatoms. The Hall–Kier alpha value is -3.57. The first-order chi connectivity index (χ1) is 17.1. The fourth-order valence-electron chi connectivity index (χ4n) is 6.43. The molecule has 1 aromatic heterocycles. The van der Waals surface area contributed by atoms with Gasteiger partial charge in [0.05, 0.1) is 21.8 Å². The van der Waals surface area contributed by atoms with Gasteiger partial charge >= 0.3 is 0 Å². The van der Waals surface area contributed by atoms with Gasteiger partial charge in [-0.05, 0) is 64.1 Å². The van der Waals surface area contributed by atoms with Crippen molar-refractivity contribution in [3.05, 3.63) is 131 Å². The molecule has 0 spiro atoms. The van der Waals surface area contributed by atoms with E-state index in [1.165, 1.54) is 10.5 Å². The molecule has 4 nitrogen and oxygen atoms in total. The number of nitrogens with zero attached hydrogens (tertiary/aromatic N) is 2. The fourth-order valence-corrected chi connectivity index (χ4v) is 7.64. The van der Waals surface area contributed by atoms with Crippen molar-refractivity contribution in [2.75, 3.05) is 4.90 Å². The van der Waals surface area contributed by atoms with Crippen LogP contribution in [0.1, 0.15) is 39.3 Å². The van der Waals surface area contributed by atoms with Gasteiger partial charge in [0.1, 0.15) is 0 Å². The minimum atomic E-state index is -0.720. The van der Waals surface area contributed by atoms with Gasteiger partial charge in [-0.3, -0.25) is 14.6 Å². The molecule has 2 atom stereocenters. The molecule has 170 valence electrons. The van der Waals surface area contributed by atoms with Crippen LogP contribution >= 0.6 is 15.9 Å². The van der Waals surface area contributed by atoms with Crippen LogP contribution in [0.2, 0.25) is 0 Å². The van der Waals surface area contributed by atoms with Crippen LogP contribution in [-0.2, 0) is 20.3 Å². The fraction of sp³-hybridized carbons (Fsp3) is 0.167. The molecule has 1 saturated heterocycles. The number of alkyl halides is 1. The third-order valence-electron chi connectivity index (χ3n) is 7.87. The molecule has 1 aliphatic heterocycles. The second-order valence-corrected chi connectivity index (χ2v) is 10.8. The molecule has 4 aliphatic rings. The Labute approximate surface area is 211 Å². The van der Waals surface area contributed by atoms with Gasteiger partial charge in [0.15, 0.2) is 0 Å². The average Bonchev–Trinajstić information content (AvgIpc) is 3.17. The second-order valence-electron chi connectivity index (χ2n) is 9.58.